The van der Waals surface area contributed by atoms with Crippen LogP contribution < -0.4 is 10.6 Å². The van der Waals surface area contributed by atoms with E-state index in [9.17, 15) is 4.79 Å². The van der Waals surface area contributed by atoms with Gasteiger partial charge in [-0.15, -0.1) is 0 Å². The van der Waals surface area contributed by atoms with E-state index in [2.05, 4.69) is 19.9 Å². The molecule has 0 bridgehead atoms. The van der Waals surface area contributed by atoms with Crippen molar-refractivity contribution in [3.63, 3.8) is 0 Å². The number of carbonyl (C=O) groups is 1. The second kappa shape index (κ2) is 7.86. The van der Waals surface area contributed by atoms with E-state index < -0.39 is 0 Å². The van der Waals surface area contributed by atoms with Crippen LogP contribution in [0.3, 0.4) is 0 Å². The van der Waals surface area contributed by atoms with Gasteiger partial charge in [0, 0.05) is 50.9 Å². The molecule has 2 N–H and O–H groups in total. The Balaban J connectivity index is 1.39. The zero-order valence-electron chi connectivity index (χ0n) is 16.7. The van der Waals surface area contributed by atoms with Crippen LogP contribution in [-0.2, 0) is 16.1 Å². The van der Waals surface area contributed by atoms with Crippen molar-refractivity contribution in [1.29, 1.82) is 0 Å². The summed E-state index contributed by atoms with van der Waals surface area (Å²) < 4.78 is 7.33. The molecule has 2 saturated heterocycles. The first-order valence-electron chi connectivity index (χ1n) is 10.2. The van der Waals surface area contributed by atoms with Gasteiger partial charge in [-0.3, -0.25) is 4.79 Å². The minimum atomic E-state index is 0.209. The molecule has 30 heavy (non-hydrogen) atoms. The number of ether oxygens (including phenoxy) is 1. The SMILES string of the molecule is Nc1nc(-c2ccc(N3CCOCC3)nc2)nc2c1ncn2CCN1CCCC1=O. The number of amides is 1. The van der Waals surface area contributed by atoms with Crippen LogP contribution in [-0.4, -0.2) is 74.7 Å². The number of nitrogens with zero attached hydrogens (tertiary/aromatic N) is 7. The molecular formula is C20H24N8O2. The maximum absolute atomic E-state index is 11.9. The Morgan fingerprint density at radius 2 is 1.93 bits per heavy atom. The van der Waals surface area contributed by atoms with Gasteiger partial charge in [-0.1, -0.05) is 0 Å². The first-order chi connectivity index (χ1) is 14.7. The van der Waals surface area contributed by atoms with E-state index in [1.54, 1.807) is 12.5 Å². The Bertz CT molecular complexity index is 1060. The van der Waals surface area contributed by atoms with Gasteiger partial charge < -0.3 is 24.8 Å². The molecule has 0 radical (unpaired) electrons. The van der Waals surface area contributed by atoms with Crippen molar-refractivity contribution in [3.05, 3.63) is 24.7 Å². The fraction of sp³-hybridized carbons (Fsp3) is 0.450. The predicted octanol–water partition coefficient (Wildman–Crippen LogP) is 0.929. The van der Waals surface area contributed by atoms with Crippen molar-refractivity contribution in [3.8, 4) is 11.4 Å². The van der Waals surface area contributed by atoms with Crippen molar-refractivity contribution < 1.29 is 9.53 Å². The third-order valence-electron chi connectivity index (χ3n) is 5.61. The molecule has 2 aliphatic rings. The van der Waals surface area contributed by atoms with Crippen LogP contribution >= 0.6 is 0 Å². The Hall–Kier alpha value is -3.27. The van der Waals surface area contributed by atoms with Crippen molar-refractivity contribution in [2.24, 2.45) is 0 Å². The first kappa shape index (κ1) is 18.7. The molecule has 2 aliphatic heterocycles. The molecule has 3 aromatic rings. The molecule has 0 aromatic carbocycles. The number of anilines is 2. The van der Waals surface area contributed by atoms with Crippen LogP contribution in [0, 0.1) is 0 Å². The highest BCUT2D eigenvalue weighted by molar-refractivity contribution is 5.84. The summed E-state index contributed by atoms with van der Waals surface area (Å²) in [6.07, 6.45) is 5.04. The molecule has 10 heteroatoms. The molecule has 156 valence electrons. The zero-order chi connectivity index (χ0) is 20.5. The summed E-state index contributed by atoms with van der Waals surface area (Å²) in [4.78, 5) is 34.0. The quantitative estimate of drug-likeness (QED) is 0.663. The number of aromatic nitrogens is 5. The smallest absolute Gasteiger partial charge is 0.222 e. The average Bonchev–Trinajstić information content (AvgIpc) is 3.39. The third-order valence-corrected chi connectivity index (χ3v) is 5.61. The second-order valence-electron chi connectivity index (χ2n) is 7.53. The van der Waals surface area contributed by atoms with Crippen LogP contribution in [0.2, 0.25) is 0 Å². The van der Waals surface area contributed by atoms with Crippen LogP contribution in [0.15, 0.2) is 24.7 Å². The van der Waals surface area contributed by atoms with Gasteiger partial charge in [-0.2, -0.15) is 0 Å². The van der Waals surface area contributed by atoms with E-state index >= 15 is 0 Å². The van der Waals surface area contributed by atoms with Gasteiger partial charge in [0.15, 0.2) is 17.3 Å². The number of nitrogens with two attached hydrogens (primary N) is 1. The normalized spacial score (nSPS) is 17.3. The fourth-order valence-corrected chi connectivity index (χ4v) is 3.93. The molecule has 0 unspecified atom stereocenters. The van der Waals surface area contributed by atoms with Gasteiger partial charge in [-0.25, -0.2) is 19.9 Å². The number of likely N-dealkylation sites (tertiary alicyclic amines) is 1. The van der Waals surface area contributed by atoms with Gasteiger partial charge in [-0.05, 0) is 18.6 Å². The van der Waals surface area contributed by atoms with E-state index in [4.69, 9.17) is 15.5 Å². The summed E-state index contributed by atoms with van der Waals surface area (Å²) in [5, 5.41) is 0. The number of pyridine rings is 1. The third kappa shape index (κ3) is 3.54. The molecule has 1 amide bonds. The molecule has 0 aliphatic carbocycles. The van der Waals surface area contributed by atoms with E-state index in [1.807, 2.05) is 21.6 Å². The average molecular weight is 408 g/mol. The fourth-order valence-electron chi connectivity index (χ4n) is 3.93. The molecule has 10 nitrogen and oxygen atoms in total. The Morgan fingerprint density at radius 1 is 1.07 bits per heavy atom. The lowest BCUT2D eigenvalue weighted by atomic mass is 10.2. The Morgan fingerprint density at radius 3 is 2.67 bits per heavy atom. The van der Waals surface area contributed by atoms with Crippen LogP contribution in [0.25, 0.3) is 22.6 Å². The monoisotopic (exact) mass is 408 g/mol. The summed E-state index contributed by atoms with van der Waals surface area (Å²) in [7, 11) is 0. The van der Waals surface area contributed by atoms with Crippen LogP contribution in [0.4, 0.5) is 11.6 Å². The summed E-state index contributed by atoms with van der Waals surface area (Å²) in [6.45, 7) is 5.17. The number of hydrogen-bond acceptors (Lipinski definition) is 8. The lowest BCUT2D eigenvalue weighted by Gasteiger charge is -2.27. The van der Waals surface area contributed by atoms with E-state index in [0.717, 1.165) is 37.4 Å². The number of imidazole rings is 1. The number of fused-ring (bicyclic) bond motifs is 1. The summed E-state index contributed by atoms with van der Waals surface area (Å²) in [5.74, 6) is 1.97. The molecule has 0 atom stereocenters. The van der Waals surface area contributed by atoms with E-state index in [-0.39, 0.29) is 5.91 Å². The Kier molecular flexibility index (Phi) is 4.91. The number of carbonyl (C=O) groups excluding carboxylic acids is 1. The van der Waals surface area contributed by atoms with Gasteiger partial charge in [0.1, 0.15) is 11.3 Å². The van der Waals surface area contributed by atoms with Crippen molar-refractivity contribution in [2.45, 2.75) is 19.4 Å². The molecule has 5 rings (SSSR count). The van der Waals surface area contributed by atoms with Gasteiger partial charge in [0.25, 0.3) is 0 Å². The zero-order valence-corrected chi connectivity index (χ0v) is 16.7. The highest BCUT2D eigenvalue weighted by atomic mass is 16.5. The van der Waals surface area contributed by atoms with Crippen LogP contribution in [0.1, 0.15) is 12.8 Å². The molecule has 5 heterocycles. The molecule has 0 saturated carbocycles. The summed E-state index contributed by atoms with van der Waals surface area (Å²) in [5.41, 5.74) is 8.20. The lowest BCUT2D eigenvalue weighted by molar-refractivity contribution is -0.127. The van der Waals surface area contributed by atoms with Crippen molar-refractivity contribution >= 4 is 28.7 Å². The highest BCUT2D eigenvalue weighted by Crippen LogP contribution is 2.24. The molecule has 2 fully saturated rings. The predicted molar refractivity (Wildman–Crippen MR) is 112 cm³/mol. The van der Waals surface area contributed by atoms with Crippen LogP contribution in [0.5, 0.6) is 0 Å². The molecule has 0 spiro atoms. The van der Waals surface area contributed by atoms with Gasteiger partial charge in [0.2, 0.25) is 5.91 Å². The molecule has 3 aromatic heterocycles. The van der Waals surface area contributed by atoms with E-state index in [0.29, 0.717) is 55.5 Å². The maximum Gasteiger partial charge on any atom is 0.222 e. The Labute approximate surface area is 173 Å². The topological polar surface area (TPSA) is 115 Å². The summed E-state index contributed by atoms with van der Waals surface area (Å²) >= 11 is 0. The minimum absolute atomic E-state index is 0.209. The standard InChI is InChI=1S/C20H24N8O2/c21-18-17-20(28(13-23-17)7-6-27-5-1-2-16(27)29)25-19(24-18)14-3-4-15(22-12-14)26-8-10-30-11-9-26/h3-4,12-13H,1-2,5-11H2,(H2,21,24,25). The maximum atomic E-state index is 11.9. The number of hydrogen-bond donors (Lipinski definition) is 1. The van der Waals surface area contributed by atoms with Crippen molar-refractivity contribution in [2.75, 3.05) is 50.0 Å². The molecular weight excluding hydrogens is 384 g/mol. The van der Waals surface area contributed by atoms with Crippen molar-refractivity contribution in [1.82, 2.24) is 29.4 Å². The minimum Gasteiger partial charge on any atom is -0.382 e. The number of rotatable bonds is 5. The van der Waals surface area contributed by atoms with Gasteiger partial charge >= 0.3 is 0 Å². The van der Waals surface area contributed by atoms with Gasteiger partial charge in [0.05, 0.1) is 19.5 Å². The number of morpholine rings is 1. The second-order valence-corrected chi connectivity index (χ2v) is 7.53. The first-order valence-corrected chi connectivity index (χ1v) is 10.2. The van der Waals surface area contributed by atoms with E-state index in [1.165, 1.54) is 0 Å². The summed E-state index contributed by atoms with van der Waals surface area (Å²) in [6, 6.07) is 3.93. The highest BCUT2D eigenvalue weighted by Gasteiger charge is 2.20. The number of nitrogen functional groups attached to an aromatic ring is 1. The largest absolute Gasteiger partial charge is 0.382 e. The lowest BCUT2D eigenvalue weighted by Crippen LogP contribution is -2.36.